The van der Waals surface area contributed by atoms with E-state index < -0.39 is 0 Å². The van der Waals surface area contributed by atoms with Gasteiger partial charge in [0.05, 0.1) is 6.20 Å². The molecular formula is C6H8N2S2. The molecule has 0 spiro atoms. The van der Waals surface area contributed by atoms with Gasteiger partial charge in [-0.1, -0.05) is 0 Å². The van der Waals surface area contributed by atoms with Crippen LogP contribution in [0.3, 0.4) is 0 Å². The highest BCUT2D eigenvalue weighted by molar-refractivity contribution is 8.01. The van der Waals surface area contributed by atoms with Crippen LogP contribution in [0.1, 0.15) is 0 Å². The third-order valence-corrected chi connectivity index (χ3v) is 2.65. The van der Waals surface area contributed by atoms with Gasteiger partial charge in [-0.05, 0) is 18.6 Å². The molecule has 0 saturated carbocycles. The zero-order valence-electron chi connectivity index (χ0n) is 5.87. The lowest BCUT2D eigenvalue weighted by Crippen LogP contribution is -1.85. The summed E-state index contributed by atoms with van der Waals surface area (Å²) in [5.41, 5.74) is 0. The summed E-state index contributed by atoms with van der Waals surface area (Å²) in [6.07, 6.45) is 5.76. The van der Waals surface area contributed by atoms with Crippen molar-refractivity contribution < 1.29 is 0 Å². The monoisotopic (exact) mass is 172 g/mol. The van der Waals surface area contributed by atoms with Crippen molar-refractivity contribution in [3.63, 3.8) is 0 Å². The van der Waals surface area contributed by atoms with Crippen LogP contribution in [0, 0.1) is 0 Å². The second kappa shape index (κ2) is 3.83. The molecule has 0 fully saturated rings. The van der Waals surface area contributed by atoms with Gasteiger partial charge in [-0.3, -0.25) is 0 Å². The van der Waals surface area contributed by atoms with Crippen LogP contribution in [0.4, 0.5) is 0 Å². The summed E-state index contributed by atoms with van der Waals surface area (Å²) in [6.45, 7) is 0. The summed E-state index contributed by atoms with van der Waals surface area (Å²) in [5, 5.41) is 8.75. The van der Waals surface area contributed by atoms with Crippen molar-refractivity contribution in [2.24, 2.45) is 0 Å². The van der Waals surface area contributed by atoms with E-state index in [2.05, 4.69) is 10.2 Å². The van der Waals surface area contributed by atoms with E-state index in [-0.39, 0.29) is 0 Å². The Morgan fingerprint density at radius 1 is 1.30 bits per heavy atom. The molecule has 10 heavy (non-hydrogen) atoms. The Morgan fingerprint density at radius 3 is 2.60 bits per heavy atom. The molecule has 0 radical (unpaired) electrons. The third-order valence-electron chi connectivity index (χ3n) is 1.07. The van der Waals surface area contributed by atoms with E-state index in [4.69, 9.17) is 0 Å². The van der Waals surface area contributed by atoms with Crippen LogP contribution in [0.25, 0.3) is 0 Å². The van der Waals surface area contributed by atoms with Crippen molar-refractivity contribution in [3.8, 4) is 0 Å². The summed E-state index contributed by atoms with van der Waals surface area (Å²) in [4.78, 5) is 1.20. The zero-order chi connectivity index (χ0) is 7.40. The molecule has 1 aromatic heterocycles. The van der Waals surface area contributed by atoms with E-state index >= 15 is 0 Å². The van der Waals surface area contributed by atoms with Crippen molar-refractivity contribution in [2.75, 3.05) is 12.5 Å². The molecule has 0 bridgehead atoms. The SMILES string of the molecule is CSc1ccnnc1SC. The molecule has 0 aliphatic heterocycles. The highest BCUT2D eigenvalue weighted by atomic mass is 32.2. The lowest BCUT2D eigenvalue weighted by Gasteiger charge is -1.98. The molecule has 4 heteroatoms. The maximum absolute atomic E-state index is 3.96. The van der Waals surface area contributed by atoms with Gasteiger partial charge in [-0.25, -0.2) is 0 Å². The van der Waals surface area contributed by atoms with Gasteiger partial charge in [0.25, 0.3) is 0 Å². The van der Waals surface area contributed by atoms with Gasteiger partial charge < -0.3 is 0 Å². The van der Waals surface area contributed by atoms with E-state index in [1.54, 1.807) is 29.7 Å². The van der Waals surface area contributed by atoms with Crippen molar-refractivity contribution in [1.82, 2.24) is 10.2 Å². The Labute approximate surface area is 68.8 Å². The number of hydrogen-bond acceptors (Lipinski definition) is 4. The topological polar surface area (TPSA) is 25.8 Å². The predicted octanol–water partition coefficient (Wildman–Crippen LogP) is 1.92. The van der Waals surface area contributed by atoms with Gasteiger partial charge in [0.1, 0.15) is 5.03 Å². The molecule has 0 saturated heterocycles. The fourth-order valence-electron chi connectivity index (χ4n) is 0.604. The fraction of sp³-hybridized carbons (Fsp3) is 0.333. The number of hydrogen-bond donors (Lipinski definition) is 0. The van der Waals surface area contributed by atoms with Crippen molar-refractivity contribution >= 4 is 23.5 Å². The molecule has 0 amide bonds. The molecule has 0 N–H and O–H groups in total. The van der Waals surface area contributed by atoms with Crippen LogP contribution in [0.15, 0.2) is 22.2 Å². The lowest BCUT2D eigenvalue weighted by atomic mass is 10.6. The molecule has 0 aliphatic rings. The Bertz CT molecular complexity index is 192. The summed E-state index contributed by atoms with van der Waals surface area (Å²) in [5.74, 6) is 0. The Kier molecular flexibility index (Phi) is 3.02. The maximum atomic E-state index is 3.96. The minimum Gasteiger partial charge on any atom is -0.158 e. The zero-order valence-corrected chi connectivity index (χ0v) is 7.50. The third kappa shape index (κ3) is 1.64. The molecule has 1 heterocycles. The first-order valence-corrected chi connectivity index (χ1v) is 5.23. The lowest BCUT2D eigenvalue weighted by molar-refractivity contribution is 0.880. The summed E-state index contributed by atoms with van der Waals surface area (Å²) in [6, 6.07) is 1.98. The first kappa shape index (κ1) is 7.88. The smallest absolute Gasteiger partial charge is 0.132 e. The first-order valence-electron chi connectivity index (χ1n) is 2.78. The summed E-state index contributed by atoms with van der Waals surface area (Å²) >= 11 is 3.32. The van der Waals surface area contributed by atoms with E-state index in [1.165, 1.54) is 4.90 Å². The molecule has 0 unspecified atom stereocenters. The number of nitrogens with zero attached hydrogens (tertiary/aromatic N) is 2. The minimum atomic E-state index is 1.01. The molecular weight excluding hydrogens is 164 g/mol. The van der Waals surface area contributed by atoms with E-state index in [1.807, 2.05) is 18.6 Å². The standard InChI is InChI=1S/C6H8N2S2/c1-9-5-3-4-7-8-6(5)10-2/h3-4H,1-2H3. The van der Waals surface area contributed by atoms with Crippen LogP contribution in [0.2, 0.25) is 0 Å². The molecule has 54 valence electrons. The van der Waals surface area contributed by atoms with Crippen molar-refractivity contribution in [3.05, 3.63) is 12.3 Å². The maximum Gasteiger partial charge on any atom is 0.132 e. The van der Waals surface area contributed by atoms with E-state index in [9.17, 15) is 0 Å². The second-order valence-electron chi connectivity index (χ2n) is 1.61. The van der Waals surface area contributed by atoms with Gasteiger partial charge >= 0.3 is 0 Å². The number of thioether (sulfide) groups is 2. The first-order chi connectivity index (χ1) is 4.88. The fourth-order valence-corrected chi connectivity index (χ4v) is 1.91. The predicted molar refractivity (Wildman–Crippen MR) is 45.6 cm³/mol. The van der Waals surface area contributed by atoms with Crippen LogP contribution < -0.4 is 0 Å². The number of rotatable bonds is 2. The molecule has 1 aromatic rings. The van der Waals surface area contributed by atoms with Crippen LogP contribution in [-0.2, 0) is 0 Å². The van der Waals surface area contributed by atoms with Gasteiger partial charge in [0, 0.05) is 4.90 Å². The van der Waals surface area contributed by atoms with E-state index in [0.717, 1.165) is 5.03 Å². The average Bonchev–Trinajstić information content (AvgIpc) is 2.04. The molecule has 1 rings (SSSR count). The highest BCUT2D eigenvalue weighted by Crippen LogP contribution is 2.23. The van der Waals surface area contributed by atoms with Gasteiger partial charge in [-0.15, -0.1) is 28.6 Å². The normalized spacial score (nSPS) is 9.80. The van der Waals surface area contributed by atoms with Gasteiger partial charge in [0.2, 0.25) is 0 Å². The van der Waals surface area contributed by atoms with Crippen LogP contribution in [-0.4, -0.2) is 22.7 Å². The van der Waals surface area contributed by atoms with E-state index in [0.29, 0.717) is 0 Å². The molecule has 2 nitrogen and oxygen atoms in total. The molecule has 0 aromatic carbocycles. The highest BCUT2D eigenvalue weighted by Gasteiger charge is 1.98. The quantitative estimate of drug-likeness (QED) is 0.636. The van der Waals surface area contributed by atoms with Gasteiger partial charge in [0.15, 0.2) is 0 Å². The average molecular weight is 172 g/mol. The van der Waals surface area contributed by atoms with Crippen LogP contribution in [0.5, 0.6) is 0 Å². The van der Waals surface area contributed by atoms with Crippen molar-refractivity contribution in [1.29, 1.82) is 0 Å². The Hall–Kier alpha value is -0.220. The molecule has 0 atom stereocenters. The summed E-state index contributed by atoms with van der Waals surface area (Å²) < 4.78 is 0. The number of aromatic nitrogens is 2. The largest absolute Gasteiger partial charge is 0.158 e. The second-order valence-corrected chi connectivity index (χ2v) is 3.25. The van der Waals surface area contributed by atoms with Gasteiger partial charge in [-0.2, -0.15) is 5.10 Å². The van der Waals surface area contributed by atoms with Crippen LogP contribution >= 0.6 is 23.5 Å². The Balaban J connectivity index is 2.96. The minimum absolute atomic E-state index is 1.01. The Morgan fingerprint density at radius 2 is 2.10 bits per heavy atom. The molecule has 0 aliphatic carbocycles. The summed E-state index contributed by atoms with van der Waals surface area (Å²) in [7, 11) is 0. The van der Waals surface area contributed by atoms with Crippen molar-refractivity contribution in [2.45, 2.75) is 9.92 Å².